The Morgan fingerprint density at radius 2 is 1.26 bits per heavy atom. The predicted octanol–water partition coefficient (Wildman–Crippen LogP) is 13.0. The van der Waals surface area contributed by atoms with E-state index in [9.17, 15) is 73.4 Å². The largest absolute Gasteiger partial charge is 0.445 e. The van der Waals surface area contributed by atoms with E-state index in [1.807, 2.05) is 53.2 Å². The van der Waals surface area contributed by atoms with Gasteiger partial charge in [-0.25, -0.2) is 22.7 Å². The molecule has 2 aliphatic rings. The zero-order chi connectivity index (χ0) is 91.7. The van der Waals surface area contributed by atoms with Crippen molar-refractivity contribution in [3.63, 3.8) is 0 Å². The number of alkyl halides is 6. The molecule has 30 nitrogen and oxygen atoms in total. The van der Waals surface area contributed by atoms with Crippen LogP contribution in [0.1, 0.15) is 108 Å². The minimum Gasteiger partial charge on any atom is -0.445 e. The number of aromatic nitrogens is 3. The number of carbonyl (C=O) groups is 7. The summed E-state index contributed by atoms with van der Waals surface area (Å²) in [7, 11) is -2.57. The molecule has 0 spiro atoms. The van der Waals surface area contributed by atoms with E-state index in [1.54, 1.807) is 49.1 Å². The second-order valence-corrected chi connectivity index (χ2v) is 33.3. The Bertz CT molecular complexity index is 4910. The predicted molar refractivity (Wildman–Crippen MR) is 464 cm³/mol. The van der Waals surface area contributed by atoms with E-state index in [-0.39, 0.29) is 175 Å². The summed E-state index contributed by atoms with van der Waals surface area (Å²) in [5.41, 5.74) is 4.54. The molecule has 0 saturated carbocycles. The number of para-hydroxylation sites is 2. The van der Waals surface area contributed by atoms with Gasteiger partial charge < -0.3 is 79.8 Å². The first-order valence-corrected chi connectivity index (χ1v) is 44.2. The second-order valence-electron chi connectivity index (χ2n) is 30.4. The number of amides is 7. The number of nitrogens with zero attached hydrogens (tertiary/aromatic N) is 7. The number of sulfone groups is 1. The smallest absolute Gasteiger partial charge is 0.431 e. The molecule has 9 rings (SSSR count). The fraction of sp³-hybridized carbons (Fsp3) is 0.477. The molecular weight excluding hydrogens is 1730 g/mol. The molecule has 7 amide bonds. The summed E-state index contributed by atoms with van der Waals surface area (Å²) in [6.45, 7) is 11.2. The van der Waals surface area contributed by atoms with Crippen LogP contribution in [-0.4, -0.2) is 230 Å². The maximum Gasteiger partial charge on any atom is 0.431 e. The zero-order valence-corrected chi connectivity index (χ0v) is 73.4. The van der Waals surface area contributed by atoms with Gasteiger partial charge in [0.25, 0.3) is 5.60 Å². The Labute approximate surface area is 743 Å². The van der Waals surface area contributed by atoms with Crippen LogP contribution in [0.4, 0.5) is 53.0 Å². The van der Waals surface area contributed by atoms with Gasteiger partial charge in [0.2, 0.25) is 23.6 Å². The van der Waals surface area contributed by atoms with Gasteiger partial charge in [0.1, 0.15) is 12.3 Å². The monoisotopic (exact) mass is 1840 g/mol. The first kappa shape index (κ1) is 101. The third-order valence-electron chi connectivity index (χ3n) is 20.8. The Kier molecular flexibility index (Phi) is 39.1. The number of anilines is 3. The first-order valence-electron chi connectivity index (χ1n) is 41.8. The van der Waals surface area contributed by atoms with Crippen LogP contribution in [0.25, 0.3) is 33.6 Å². The molecule has 3 heterocycles. The number of rotatable bonds is 52. The number of hydrazone groups is 1. The number of carbonyl (C=O) groups excluding carboxylic acids is 7. The Morgan fingerprint density at radius 1 is 0.654 bits per heavy atom. The summed E-state index contributed by atoms with van der Waals surface area (Å²) in [6, 6.07) is 34.2. The highest BCUT2D eigenvalue weighted by molar-refractivity contribution is 7.91. The van der Waals surface area contributed by atoms with Gasteiger partial charge in [-0.3, -0.25) is 29.0 Å². The number of unbranched alkanes of at least 4 members (excludes halogenated alkanes) is 1. The fourth-order valence-electron chi connectivity index (χ4n) is 13.9. The van der Waals surface area contributed by atoms with Crippen LogP contribution >= 0.6 is 23.2 Å². The molecule has 127 heavy (non-hydrogen) atoms. The molecule has 0 radical (unpaired) electrons. The van der Waals surface area contributed by atoms with Crippen molar-refractivity contribution >= 4 is 97.3 Å². The number of aliphatic hydroxyl groups is 1. The number of Topliss-reactive ketones (excluding diaryl/α,β-unsaturated/α-hetero) is 1. The average Bonchev–Trinajstić information content (AvgIpc) is 1.62. The lowest BCUT2D eigenvalue weighted by atomic mass is 9.89. The number of nitrogens with one attached hydrogen (secondary N) is 4. The van der Waals surface area contributed by atoms with Crippen molar-refractivity contribution < 1.29 is 111 Å². The molecule has 0 saturated heterocycles. The fourth-order valence-corrected chi connectivity index (χ4v) is 15.8. The molecule has 7 aromatic rings. The number of hydrogen-bond acceptors (Lipinski definition) is 22. The number of fused-ring (bicyclic) bond motifs is 5. The third kappa shape index (κ3) is 29.4. The van der Waals surface area contributed by atoms with Crippen LogP contribution in [0, 0.1) is 11.8 Å². The highest BCUT2D eigenvalue weighted by atomic mass is 35.5. The molecule has 0 fully saturated rings. The maximum absolute atomic E-state index is 14.1. The van der Waals surface area contributed by atoms with Gasteiger partial charge in [0.15, 0.2) is 15.6 Å². The molecular formula is C88H108Cl2F6N12O18S. The van der Waals surface area contributed by atoms with E-state index in [0.717, 1.165) is 46.8 Å². The van der Waals surface area contributed by atoms with Crippen LogP contribution < -0.4 is 36.9 Å². The normalized spacial score (nSPS) is 13.9. The van der Waals surface area contributed by atoms with Gasteiger partial charge in [-0.05, 0) is 102 Å². The number of urea groups is 1. The van der Waals surface area contributed by atoms with E-state index >= 15 is 0 Å². The van der Waals surface area contributed by atoms with E-state index in [0.29, 0.717) is 73.3 Å². The molecule has 3 atom stereocenters. The van der Waals surface area contributed by atoms with E-state index < -0.39 is 93.4 Å². The van der Waals surface area contributed by atoms with Crippen molar-refractivity contribution in [2.24, 2.45) is 22.7 Å². The Morgan fingerprint density at radius 3 is 1.90 bits per heavy atom. The van der Waals surface area contributed by atoms with Crippen LogP contribution in [-0.2, 0) is 91.4 Å². The second kappa shape index (κ2) is 49.4. The highest BCUT2D eigenvalue weighted by Crippen LogP contribution is 2.51. The number of benzene rings is 6. The SMILES string of the molecule is CCCCOCCOCCOCCn1nnc2c1-c1ccccc1CN(C(=O)CCC(=O)NCCOCCOCCOCCOCCC(=O)N[C@H](C(=O)C[C@@H](CCCNC(N)=O)C(=O)Nc1ccc(COC(=O)N(C)CCCS(=O)(=O)c3cccc(-c4ccc(C5CC(C(O)(C(F)(F)F)C(F)(F)F)=NN5c5c(Cl)cccc5Cl)cc4)c3)cc1)C(C)C)c1ccccc1-2. The van der Waals surface area contributed by atoms with Gasteiger partial charge in [-0.1, -0.05) is 153 Å². The lowest BCUT2D eigenvalue weighted by Crippen LogP contribution is -2.62. The summed E-state index contributed by atoms with van der Waals surface area (Å²) in [5, 5.41) is 34.5. The van der Waals surface area contributed by atoms with Crippen LogP contribution in [0.2, 0.25) is 10.0 Å². The number of ether oxygens (including phenoxy) is 8. The number of ketones is 1. The van der Waals surface area contributed by atoms with Crippen molar-refractivity contribution in [1.29, 1.82) is 0 Å². The lowest BCUT2D eigenvalue weighted by Gasteiger charge is -2.32. The Hall–Kier alpha value is -10.2. The van der Waals surface area contributed by atoms with Gasteiger partial charge in [-0.2, -0.15) is 31.4 Å². The third-order valence-corrected chi connectivity index (χ3v) is 23.2. The summed E-state index contributed by atoms with van der Waals surface area (Å²) < 4.78 is 159. The Balaban J connectivity index is 0.625. The molecule has 0 aliphatic carbocycles. The minimum absolute atomic E-state index is 0.0190. The molecule has 1 aromatic heterocycles. The molecule has 7 N–H and O–H groups in total. The molecule has 6 aromatic carbocycles. The number of halogens is 8. The maximum atomic E-state index is 14.1. The van der Waals surface area contributed by atoms with E-state index in [2.05, 4.69) is 43.6 Å². The van der Waals surface area contributed by atoms with Crippen LogP contribution in [0.3, 0.4) is 0 Å². The lowest BCUT2D eigenvalue weighted by molar-refractivity contribution is -0.338. The van der Waals surface area contributed by atoms with E-state index in [1.165, 1.54) is 72.6 Å². The van der Waals surface area contributed by atoms with Gasteiger partial charge in [0, 0.05) is 88.1 Å². The number of nitrogens with two attached hydrogens (primary N) is 1. The van der Waals surface area contributed by atoms with Crippen molar-refractivity contribution in [2.45, 2.75) is 140 Å². The summed E-state index contributed by atoms with van der Waals surface area (Å²) >= 11 is 12.7. The molecule has 0 bridgehead atoms. The van der Waals surface area contributed by atoms with Crippen molar-refractivity contribution in [3.05, 3.63) is 166 Å². The minimum atomic E-state index is -6.21. The summed E-state index contributed by atoms with van der Waals surface area (Å²) in [6.07, 6.45) is -12.1. The molecule has 690 valence electrons. The van der Waals surface area contributed by atoms with Gasteiger partial charge in [-0.15, -0.1) is 5.10 Å². The van der Waals surface area contributed by atoms with Crippen molar-refractivity contribution in [2.75, 3.05) is 140 Å². The number of primary amides is 1. The standard InChI is InChI=1S/C88H108Cl2F6N12O18S/c1-5-6-39-119-43-47-123-50-46-122-42-38-107-81-68-19-8-7-15-65(68)57-106(72-23-10-9-20-69(72)80(81)102-104-107)78(112)33-32-76(110)98-36-41-121-45-49-125-52-51-124-48-44-120-40-34-77(111)101-79(59(2)3)74(109)55-64(17-13-35-99-84(97)114)83(113)100-66-30-24-60(25-31-66)58-126-85(115)105(4)37-14-53-127(117,118)67-18-11-16-63(54-67)61-26-28-62(29-27-61)73-56-75(86(116,87(91,92)93)88(94,95)96)103-108(73)82-70(89)21-12-22-71(82)90/h7-12,15-16,18-31,54,59,64,73,79,116H,5-6,13-14,17,32-53,55-58H2,1-4H3,(H,98,110)(H,100,113)(H,101,111)(H3,97,99,114)/t64-,73?,79+/m1/s1. The van der Waals surface area contributed by atoms with Gasteiger partial charge >= 0.3 is 24.5 Å². The van der Waals surface area contributed by atoms with Crippen LogP contribution in [0.15, 0.2) is 150 Å². The zero-order valence-electron chi connectivity index (χ0n) is 71.0. The van der Waals surface area contributed by atoms with Gasteiger partial charge in [0.05, 0.1) is 155 Å². The topological polar surface area (TPSA) is 375 Å². The highest BCUT2D eigenvalue weighted by Gasteiger charge is 2.74. The summed E-state index contributed by atoms with van der Waals surface area (Å²) in [4.78, 5) is 95.4. The van der Waals surface area contributed by atoms with Crippen LogP contribution in [0.5, 0.6) is 0 Å². The van der Waals surface area contributed by atoms with E-state index in [4.69, 9.17) is 66.8 Å². The molecule has 2 aliphatic heterocycles. The van der Waals surface area contributed by atoms with Crippen molar-refractivity contribution in [3.8, 4) is 33.6 Å². The summed E-state index contributed by atoms with van der Waals surface area (Å²) in [5.74, 6) is -3.57. The molecule has 39 heteroatoms. The molecule has 1 unspecified atom stereocenters. The average molecular weight is 1840 g/mol. The quantitative estimate of drug-likeness (QED) is 0.0152. The van der Waals surface area contributed by atoms with Crippen molar-refractivity contribution in [1.82, 2.24) is 35.8 Å². The number of hydrogen-bond donors (Lipinski definition) is 6. The first-order chi connectivity index (χ1) is 60.8.